The average Bonchev–Trinajstić information content (AvgIpc) is 2.37. The molecule has 0 heterocycles. The molecule has 18 heavy (non-hydrogen) atoms. The number of amides is 1. The highest BCUT2D eigenvalue weighted by Crippen LogP contribution is 2.11. The Balaban J connectivity index is 2.59. The van der Waals surface area contributed by atoms with E-state index in [0.29, 0.717) is 6.54 Å². The molecule has 3 nitrogen and oxygen atoms in total. The topological polar surface area (TPSA) is 46.3 Å². The van der Waals surface area contributed by atoms with Gasteiger partial charge < -0.3 is 10.6 Å². The van der Waals surface area contributed by atoms with Gasteiger partial charge in [0.15, 0.2) is 0 Å². The van der Waals surface area contributed by atoms with E-state index in [4.69, 9.17) is 5.73 Å². The van der Waals surface area contributed by atoms with Crippen LogP contribution in [0.2, 0.25) is 0 Å². The average molecular weight is 256 g/mol. The number of halogens is 2. The van der Waals surface area contributed by atoms with Crippen LogP contribution in [0.1, 0.15) is 12.5 Å². The Morgan fingerprint density at radius 2 is 2.11 bits per heavy atom. The van der Waals surface area contributed by atoms with Gasteiger partial charge in [0, 0.05) is 26.1 Å². The molecule has 1 atom stereocenters. The second kappa shape index (κ2) is 6.44. The number of rotatable bonds is 5. The van der Waals surface area contributed by atoms with Gasteiger partial charge in [0.05, 0.1) is 0 Å². The maximum atomic E-state index is 13.4. The minimum atomic E-state index is -0.476. The fourth-order valence-electron chi connectivity index (χ4n) is 1.61. The number of hydrogen-bond acceptors (Lipinski definition) is 2. The second-order valence-corrected chi connectivity index (χ2v) is 4.38. The molecule has 0 radical (unpaired) electrons. The van der Waals surface area contributed by atoms with E-state index in [0.717, 1.165) is 18.2 Å². The van der Waals surface area contributed by atoms with Crippen molar-refractivity contribution < 1.29 is 13.6 Å². The fraction of sp³-hybridized carbons (Fsp3) is 0.462. The highest BCUT2D eigenvalue weighted by Gasteiger charge is 2.16. The first-order valence-electron chi connectivity index (χ1n) is 5.84. The summed E-state index contributed by atoms with van der Waals surface area (Å²) < 4.78 is 26.3. The van der Waals surface area contributed by atoms with Crippen LogP contribution in [0.4, 0.5) is 8.78 Å². The lowest BCUT2D eigenvalue weighted by Gasteiger charge is -2.20. The SMILES string of the molecule is CC(CN)C(=O)N(C)CCc1cc(F)ccc1F. The Hall–Kier alpha value is -1.49. The van der Waals surface area contributed by atoms with Crippen molar-refractivity contribution in [2.24, 2.45) is 11.7 Å². The molecular formula is C13H18F2N2O. The van der Waals surface area contributed by atoms with E-state index in [1.807, 2.05) is 0 Å². The van der Waals surface area contributed by atoms with Crippen molar-refractivity contribution in [1.29, 1.82) is 0 Å². The van der Waals surface area contributed by atoms with Crippen molar-refractivity contribution in [2.45, 2.75) is 13.3 Å². The van der Waals surface area contributed by atoms with E-state index in [1.165, 1.54) is 4.90 Å². The summed E-state index contributed by atoms with van der Waals surface area (Å²) in [5.41, 5.74) is 5.68. The number of nitrogens with two attached hydrogens (primary N) is 1. The zero-order valence-electron chi connectivity index (χ0n) is 10.6. The maximum Gasteiger partial charge on any atom is 0.226 e. The number of carbonyl (C=O) groups excluding carboxylic acids is 1. The monoisotopic (exact) mass is 256 g/mol. The molecule has 0 aliphatic carbocycles. The van der Waals surface area contributed by atoms with Gasteiger partial charge in [-0.05, 0) is 30.2 Å². The molecule has 1 unspecified atom stereocenters. The van der Waals surface area contributed by atoms with Crippen molar-refractivity contribution in [3.05, 3.63) is 35.4 Å². The fourth-order valence-corrected chi connectivity index (χ4v) is 1.61. The van der Waals surface area contributed by atoms with E-state index < -0.39 is 11.6 Å². The van der Waals surface area contributed by atoms with Crippen LogP contribution in [0.5, 0.6) is 0 Å². The van der Waals surface area contributed by atoms with Crippen molar-refractivity contribution in [3.8, 4) is 0 Å². The summed E-state index contributed by atoms with van der Waals surface area (Å²) in [5, 5.41) is 0. The number of benzene rings is 1. The van der Waals surface area contributed by atoms with Gasteiger partial charge in [0.1, 0.15) is 11.6 Å². The van der Waals surface area contributed by atoms with Crippen LogP contribution in [0.25, 0.3) is 0 Å². The molecule has 1 rings (SSSR count). The van der Waals surface area contributed by atoms with Crippen LogP contribution < -0.4 is 5.73 Å². The molecule has 0 aromatic heterocycles. The number of hydrogen-bond donors (Lipinski definition) is 1. The van der Waals surface area contributed by atoms with Crippen LogP contribution in [0, 0.1) is 17.6 Å². The lowest BCUT2D eigenvalue weighted by molar-refractivity contribution is -0.133. The molecule has 2 N–H and O–H groups in total. The van der Waals surface area contributed by atoms with Crippen LogP contribution in [0.3, 0.4) is 0 Å². The third kappa shape index (κ3) is 3.77. The molecule has 0 fully saturated rings. The van der Waals surface area contributed by atoms with Gasteiger partial charge in [0.25, 0.3) is 0 Å². The largest absolute Gasteiger partial charge is 0.345 e. The first kappa shape index (κ1) is 14.6. The van der Waals surface area contributed by atoms with Crippen LogP contribution >= 0.6 is 0 Å². The zero-order chi connectivity index (χ0) is 13.7. The van der Waals surface area contributed by atoms with Crippen LogP contribution in [-0.2, 0) is 11.2 Å². The lowest BCUT2D eigenvalue weighted by Crippen LogP contribution is -2.36. The first-order chi connectivity index (χ1) is 8.45. The van der Waals surface area contributed by atoms with E-state index in [9.17, 15) is 13.6 Å². The predicted octanol–water partition coefficient (Wildman–Crippen LogP) is 1.56. The van der Waals surface area contributed by atoms with Gasteiger partial charge in [0.2, 0.25) is 5.91 Å². The summed E-state index contributed by atoms with van der Waals surface area (Å²) in [7, 11) is 1.63. The van der Waals surface area contributed by atoms with E-state index >= 15 is 0 Å². The number of likely N-dealkylation sites (N-methyl/N-ethyl adjacent to an activating group) is 1. The summed E-state index contributed by atoms with van der Waals surface area (Å²) in [5.74, 6) is -1.28. The normalized spacial score (nSPS) is 12.3. The van der Waals surface area contributed by atoms with Gasteiger partial charge in [-0.15, -0.1) is 0 Å². The molecule has 1 aromatic carbocycles. The summed E-state index contributed by atoms with van der Waals surface area (Å²) in [6.07, 6.45) is 0.281. The second-order valence-electron chi connectivity index (χ2n) is 4.38. The summed E-state index contributed by atoms with van der Waals surface area (Å²) in [6, 6.07) is 3.32. The number of carbonyl (C=O) groups is 1. The van der Waals surface area contributed by atoms with E-state index in [-0.39, 0.29) is 30.4 Å². The summed E-state index contributed by atoms with van der Waals surface area (Å²) in [6.45, 7) is 2.35. The van der Waals surface area contributed by atoms with E-state index in [1.54, 1.807) is 14.0 Å². The van der Waals surface area contributed by atoms with Gasteiger partial charge >= 0.3 is 0 Å². The minimum absolute atomic E-state index is 0.0886. The Morgan fingerprint density at radius 3 is 2.72 bits per heavy atom. The molecule has 0 spiro atoms. The Labute approximate surface area is 106 Å². The van der Waals surface area contributed by atoms with Crippen molar-refractivity contribution >= 4 is 5.91 Å². The van der Waals surface area contributed by atoms with Crippen molar-refractivity contribution in [3.63, 3.8) is 0 Å². The van der Waals surface area contributed by atoms with Gasteiger partial charge in [-0.25, -0.2) is 8.78 Å². The van der Waals surface area contributed by atoms with Gasteiger partial charge in [-0.3, -0.25) is 4.79 Å². The summed E-state index contributed by atoms with van der Waals surface area (Å²) >= 11 is 0. The quantitative estimate of drug-likeness (QED) is 0.869. The first-order valence-corrected chi connectivity index (χ1v) is 5.84. The third-order valence-corrected chi connectivity index (χ3v) is 2.88. The Bertz CT molecular complexity index is 423. The molecule has 0 saturated heterocycles. The third-order valence-electron chi connectivity index (χ3n) is 2.88. The molecule has 0 bridgehead atoms. The maximum absolute atomic E-state index is 13.4. The molecule has 1 aromatic rings. The van der Waals surface area contributed by atoms with Gasteiger partial charge in [-0.2, -0.15) is 0 Å². The molecule has 100 valence electrons. The molecular weight excluding hydrogens is 238 g/mol. The molecule has 0 saturated carbocycles. The van der Waals surface area contributed by atoms with Gasteiger partial charge in [-0.1, -0.05) is 6.92 Å². The smallest absolute Gasteiger partial charge is 0.226 e. The highest BCUT2D eigenvalue weighted by atomic mass is 19.1. The Morgan fingerprint density at radius 1 is 1.44 bits per heavy atom. The van der Waals surface area contributed by atoms with Crippen LogP contribution in [-0.4, -0.2) is 30.9 Å². The lowest BCUT2D eigenvalue weighted by atomic mass is 10.1. The Kier molecular flexibility index (Phi) is 5.22. The van der Waals surface area contributed by atoms with Crippen LogP contribution in [0.15, 0.2) is 18.2 Å². The molecule has 1 amide bonds. The molecule has 0 aliphatic rings. The summed E-state index contributed by atoms with van der Waals surface area (Å²) in [4.78, 5) is 13.2. The molecule has 0 aliphatic heterocycles. The predicted molar refractivity (Wildman–Crippen MR) is 65.9 cm³/mol. The van der Waals surface area contributed by atoms with Crippen molar-refractivity contribution in [2.75, 3.05) is 20.1 Å². The molecule has 5 heteroatoms. The standard InChI is InChI=1S/C13H18F2N2O/c1-9(8-16)13(18)17(2)6-5-10-7-11(14)3-4-12(10)15/h3-4,7,9H,5-6,8,16H2,1-2H3. The minimum Gasteiger partial charge on any atom is -0.345 e. The number of nitrogens with zero attached hydrogens (tertiary/aromatic N) is 1. The van der Waals surface area contributed by atoms with E-state index in [2.05, 4.69) is 0 Å². The van der Waals surface area contributed by atoms with Crippen molar-refractivity contribution in [1.82, 2.24) is 4.90 Å². The zero-order valence-corrected chi connectivity index (χ0v) is 10.6. The highest BCUT2D eigenvalue weighted by molar-refractivity contribution is 5.78.